The number of rotatable bonds is 9. The van der Waals surface area contributed by atoms with Crippen LogP contribution in [0.15, 0.2) is 47.7 Å². The van der Waals surface area contributed by atoms with E-state index in [1.807, 2.05) is 0 Å². The smallest absolute Gasteiger partial charge is 0.387 e. The number of benzene rings is 1. The summed E-state index contributed by atoms with van der Waals surface area (Å²) < 4.78 is 47.4. The lowest BCUT2D eigenvalue weighted by atomic mass is 9.61. The van der Waals surface area contributed by atoms with E-state index in [1.54, 1.807) is 0 Å². The van der Waals surface area contributed by atoms with Gasteiger partial charge in [-0.15, -0.1) is 0 Å². The molecule has 2 aromatic rings. The van der Waals surface area contributed by atoms with Crippen molar-refractivity contribution in [1.29, 1.82) is 0 Å². The highest BCUT2D eigenvalue weighted by Gasteiger charge is 2.51. The summed E-state index contributed by atoms with van der Waals surface area (Å²) in [5.74, 6) is -1.50. The number of alkyl halides is 2. The van der Waals surface area contributed by atoms with Crippen molar-refractivity contribution in [3.8, 4) is 11.5 Å². The Morgan fingerprint density at radius 1 is 1.23 bits per heavy atom. The first-order valence-electron chi connectivity index (χ1n) is 10.6. The second-order valence-electron chi connectivity index (χ2n) is 8.33. The largest absolute Gasteiger partial charge is 0.484 e. The van der Waals surface area contributed by atoms with Gasteiger partial charge >= 0.3 is 6.61 Å². The third-order valence-electron chi connectivity index (χ3n) is 5.76. The standard InChI is InChI=1S/C23H21ClF3N3O5/c24-16-4-3-14(5-17(16)25)34-11-19(32)30-23-6-12(7-23)20(18(31)8-23)21(33)29-9-13-1-2-15(10-28-13)35-22(26)27/h1-5,10,18,22,31H,6-9,11H2,(H,29,33)(H,30,32). The molecular formula is C23H21ClF3N3O5. The second kappa shape index (κ2) is 10.1. The average molecular weight is 512 g/mol. The highest BCUT2D eigenvalue weighted by Crippen LogP contribution is 2.48. The van der Waals surface area contributed by atoms with Crippen LogP contribution in [0.25, 0.3) is 0 Å². The molecule has 12 heteroatoms. The van der Waals surface area contributed by atoms with Gasteiger partial charge in [0.05, 0.1) is 35.1 Å². The van der Waals surface area contributed by atoms with Crippen molar-refractivity contribution in [2.45, 2.75) is 44.1 Å². The summed E-state index contributed by atoms with van der Waals surface area (Å²) in [6, 6.07) is 6.60. The molecule has 2 amide bonds. The summed E-state index contributed by atoms with van der Waals surface area (Å²) >= 11 is 5.62. The fourth-order valence-electron chi connectivity index (χ4n) is 4.26. The van der Waals surface area contributed by atoms with Gasteiger partial charge in [-0.3, -0.25) is 14.6 Å². The number of nitrogens with zero attached hydrogens (tertiary/aromatic N) is 1. The predicted octanol–water partition coefficient (Wildman–Crippen LogP) is 2.88. The summed E-state index contributed by atoms with van der Waals surface area (Å²) in [5, 5.41) is 16.0. The lowest BCUT2D eigenvalue weighted by Gasteiger charge is -2.51. The van der Waals surface area contributed by atoms with E-state index in [4.69, 9.17) is 16.3 Å². The summed E-state index contributed by atoms with van der Waals surface area (Å²) in [5.41, 5.74) is 0.737. The van der Waals surface area contributed by atoms with Crippen molar-refractivity contribution in [2.24, 2.45) is 0 Å². The number of aliphatic hydroxyl groups is 1. The van der Waals surface area contributed by atoms with Crippen LogP contribution in [0.1, 0.15) is 25.0 Å². The van der Waals surface area contributed by atoms with Crippen LogP contribution in [-0.2, 0) is 16.1 Å². The van der Waals surface area contributed by atoms with Crippen molar-refractivity contribution in [3.63, 3.8) is 0 Å². The fourth-order valence-corrected chi connectivity index (χ4v) is 4.38. The van der Waals surface area contributed by atoms with Crippen LogP contribution in [0.4, 0.5) is 13.2 Å². The SMILES string of the molecule is O=C(COc1ccc(Cl)c(F)c1)NC12CC(=C(C(=O)NCc3ccc(OC(F)F)cn3)C(O)C1)C2. The maximum absolute atomic E-state index is 13.5. The highest BCUT2D eigenvalue weighted by molar-refractivity contribution is 6.30. The zero-order valence-corrected chi connectivity index (χ0v) is 18.9. The number of fused-ring (bicyclic) bond motifs is 2. The number of nitrogens with one attached hydrogen (secondary N) is 2. The minimum Gasteiger partial charge on any atom is -0.484 e. The molecule has 0 radical (unpaired) electrons. The first-order chi connectivity index (χ1) is 16.6. The lowest BCUT2D eigenvalue weighted by molar-refractivity contribution is -0.126. The number of carbonyl (C=O) groups excluding carboxylic acids is 2. The predicted molar refractivity (Wildman–Crippen MR) is 117 cm³/mol. The molecule has 0 saturated heterocycles. The van der Waals surface area contributed by atoms with Gasteiger partial charge in [-0.2, -0.15) is 8.78 Å². The van der Waals surface area contributed by atoms with Crippen LogP contribution < -0.4 is 20.1 Å². The van der Waals surface area contributed by atoms with Crippen molar-refractivity contribution in [2.75, 3.05) is 6.61 Å². The van der Waals surface area contributed by atoms with E-state index in [1.165, 1.54) is 24.3 Å². The van der Waals surface area contributed by atoms with E-state index in [2.05, 4.69) is 20.4 Å². The third-order valence-corrected chi connectivity index (χ3v) is 6.07. The molecule has 1 unspecified atom stereocenters. The van der Waals surface area contributed by atoms with Crippen LogP contribution in [0.2, 0.25) is 5.02 Å². The van der Waals surface area contributed by atoms with Gasteiger partial charge in [0.1, 0.15) is 17.3 Å². The molecule has 1 saturated carbocycles. The van der Waals surface area contributed by atoms with E-state index < -0.39 is 35.9 Å². The summed E-state index contributed by atoms with van der Waals surface area (Å²) in [6.07, 6.45) is 1.02. The first-order valence-corrected chi connectivity index (χ1v) is 11.0. The minimum atomic E-state index is -2.96. The number of amides is 2. The topological polar surface area (TPSA) is 110 Å². The monoisotopic (exact) mass is 511 g/mol. The van der Waals surface area contributed by atoms with E-state index in [0.29, 0.717) is 18.5 Å². The molecule has 8 nitrogen and oxygen atoms in total. The van der Waals surface area contributed by atoms with Crippen LogP contribution >= 0.6 is 11.6 Å². The molecule has 5 rings (SSSR count). The Balaban J connectivity index is 1.28. The highest BCUT2D eigenvalue weighted by atomic mass is 35.5. The molecule has 1 fully saturated rings. The molecule has 1 atom stereocenters. The van der Waals surface area contributed by atoms with Gasteiger partial charge in [-0.25, -0.2) is 4.39 Å². The number of halogens is 4. The molecule has 186 valence electrons. The van der Waals surface area contributed by atoms with Gasteiger partial charge in [0.2, 0.25) is 5.91 Å². The van der Waals surface area contributed by atoms with Gasteiger partial charge in [-0.05, 0) is 37.1 Å². The maximum Gasteiger partial charge on any atom is 0.387 e. The van der Waals surface area contributed by atoms with E-state index in [9.17, 15) is 27.9 Å². The number of hydrogen-bond acceptors (Lipinski definition) is 6. The average Bonchev–Trinajstić information content (AvgIpc) is 2.78. The molecule has 1 heterocycles. The normalized spacial score (nSPS) is 20.8. The molecule has 3 N–H and O–H groups in total. The molecule has 1 aromatic carbocycles. The van der Waals surface area contributed by atoms with Gasteiger partial charge in [-0.1, -0.05) is 17.2 Å². The third kappa shape index (κ3) is 5.85. The zero-order chi connectivity index (χ0) is 25.2. The molecule has 0 aliphatic heterocycles. The Bertz CT molecular complexity index is 1150. The van der Waals surface area contributed by atoms with E-state index in [0.717, 1.165) is 17.8 Å². The first kappa shape index (κ1) is 24.8. The van der Waals surface area contributed by atoms with E-state index in [-0.39, 0.29) is 41.7 Å². The maximum atomic E-state index is 13.5. The summed E-state index contributed by atoms with van der Waals surface area (Å²) in [7, 11) is 0. The van der Waals surface area contributed by atoms with Crippen LogP contribution in [0.5, 0.6) is 11.5 Å². The zero-order valence-electron chi connectivity index (χ0n) is 18.2. The Morgan fingerprint density at radius 3 is 2.60 bits per heavy atom. The van der Waals surface area contributed by atoms with Crippen molar-refractivity contribution < 1.29 is 37.3 Å². The molecule has 3 aliphatic carbocycles. The molecule has 2 bridgehead atoms. The van der Waals surface area contributed by atoms with Crippen LogP contribution in [0.3, 0.4) is 0 Å². The second-order valence-corrected chi connectivity index (χ2v) is 8.74. The number of pyridine rings is 1. The quantitative estimate of drug-likeness (QED) is 0.477. The molecule has 1 aromatic heterocycles. The van der Waals surface area contributed by atoms with Crippen molar-refractivity contribution in [1.82, 2.24) is 15.6 Å². The van der Waals surface area contributed by atoms with Gasteiger partial charge in [0.15, 0.2) is 6.61 Å². The minimum absolute atomic E-state index is 0.0296. The Hall–Kier alpha value is -3.31. The van der Waals surface area contributed by atoms with E-state index >= 15 is 0 Å². The fraction of sp³-hybridized carbons (Fsp3) is 0.348. The van der Waals surface area contributed by atoms with Gasteiger partial charge < -0.3 is 25.2 Å². The number of aliphatic hydroxyl groups excluding tert-OH is 1. The lowest BCUT2D eigenvalue weighted by Crippen LogP contribution is -2.61. The van der Waals surface area contributed by atoms with Crippen LogP contribution in [-0.4, -0.2) is 46.8 Å². The van der Waals surface area contributed by atoms with Crippen LogP contribution in [0, 0.1) is 5.82 Å². The molecule has 0 spiro atoms. The Kier molecular flexibility index (Phi) is 7.18. The van der Waals surface area contributed by atoms with Gasteiger partial charge in [0, 0.05) is 18.1 Å². The summed E-state index contributed by atoms with van der Waals surface area (Å²) in [6.45, 7) is -3.27. The van der Waals surface area contributed by atoms with Crippen molar-refractivity contribution in [3.05, 3.63) is 64.2 Å². The Labute approximate surface area is 203 Å². The number of aromatic nitrogens is 1. The molecule has 3 aliphatic rings. The number of ether oxygens (including phenoxy) is 2. The summed E-state index contributed by atoms with van der Waals surface area (Å²) in [4.78, 5) is 28.9. The number of hydrogen-bond donors (Lipinski definition) is 3. The number of carbonyl (C=O) groups is 2. The molecule has 35 heavy (non-hydrogen) atoms. The van der Waals surface area contributed by atoms with Gasteiger partial charge in [0.25, 0.3) is 5.91 Å². The van der Waals surface area contributed by atoms with Crippen molar-refractivity contribution >= 4 is 23.4 Å². The Morgan fingerprint density at radius 2 is 1.97 bits per heavy atom. The molecular weight excluding hydrogens is 491 g/mol.